The molecule has 27 heavy (non-hydrogen) atoms. The van der Waals surface area contributed by atoms with E-state index in [1.54, 1.807) is 10.8 Å². The molecule has 3 rings (SSSR count). The molecule has 0 aliphatic carbocycles. The number of amides is 1. The van der Waals surface area contributed by atoms with Crippen molar-refractivity contribution in [2.75, 3.05) is 0 Å². The van der Waals surface area contributed by atoms with E-state index in [1.807, 2.05) is 67.7 Å². The Kier molecular flexibility index (Phi) is 6.39. The lowest BCUT2D eigenvalue weighted by Crippen LogP contribution is -2.26. The van der Waals surface area contributed by atoms with Crippen molar-refractivity contribution in [2.24, 2.45) is 0 Å². The molecule has 1 aromatic heterocycles. The summed E-state index contributed by atoms with van der Waals surface area (Å²) in [4.78, 5) is 12.2. The van der Waals surface area contributed by atoms with E-state index in [1.165, 1.54) is 6.08 Å². The van der Waals surface area contributed by atoms with Crippen LogP contribution in [0.1, 0.15) is 36.2 Å². The molecule has 1 atom stereocenters. The molecule has 0 aliphatic rings. The van der Waals surface area contributed by atoms with Crippen molar-refractivity contribution in [1.82, 2.24) is 20.3 Å². The Hall–Kier alpha value is -2.92. The fourth-order valence-electron chi connectivity index (χ4n) is 2.73. The van der Waals surface area contributed by atoms with Crippen LogP contribution < -0.4 is 5.32 Å². The maximum atomic E-state index is 12.2. The van der Waals surface area contributed by atoms with Crippen molar-refractivity contribution in [2.45, 2.75) is 25.9 Å². The smallest absolute Gasteiger partial charge is 0.244 e. The maximum Gasteiger partial charge on any atom is 0.244 e. The van der Waals surface area contributed by atoms with E-state index in [9.17, 15) is 4.79 Å². The van der Waals surface area contributed by atoms with Crippen molar-refractivity contribution in [3.05, 3.63) is 88.7 Å². The van der Waals surface area contributed by atoms with Crippen LogP contribution in [0.4, 0.5) is 0 Å². The largest absolute Gasteiger partial charge is 0.346 e. The highest BCUT2D eigenvalue weighted by atomic mass is 35.5. The number of hydrogen-bond donors (Lipinski definition) is 1. The number of benzene rings is 2. The minimum Gasteiger partial charge on any atom is -0.346 e. The van der Waals surface area contributed by atoms with Gasteiger partial charge in [-0.2, -0.15) is 0 Å². The molecule has 0 radical (unpaired) electrons. The summed E-state index contributed by atoms with van der Waals surface area (Å²) in [5, 5.41) is 11.9. The van der Waals surface area contributed by atoms with E-state index in [4.69, 9.17) is 11.6 Å². The monoisotopic (exact) mass is 380 g/mol. The molecule has 1 heterocycles. The molecule has 0 spiro atoms. The van der Waals surface area contributed by atoms with Gasteiger partial charge in [0, 0.05) is 11.1 Å². The van der Waals surface area contributed by atoms with Crippen LogP contribution >= 0.6 is 11.6 Å². The lowest BCUT2D eigenvalue weighted by atomic mass is 10.0. The molecule has 0 aliphatic heterocycles. The maximum absolute atomic E-state index is 12.2. The molecular formula is C21H21ClN4O. The molecule has 1 unspecified atom stereocenters. The first kappa shape index (κ1) is 18.9. The van der Waals surface area contributed by atoms with Gasteiger partial charge in [0.2, 0.25) is 5.91 Å². The van der Waals surface area contributed by atoms with Crippen LogP contribution in [0.2, 0.25) is 5.02 Å². The minimum absolute atomic E-state index is 0.0619. The predicted molar refractivity (Wildman–Crippen MR) is 107 cm³/mol. The molecule has 138 valence electrons. The molecule has 0 fully saturated rings. The quantitative estimate of drug-likeness (QED) is 0.623. The first-order chi connectivity index (χ1) is 13.1. The van der Waals surface area contributed by atoms with Gasteiger partial charge in [-0.05, 0) is 35.8 Å². The Balaban J connectivity index is 1.58. The summed E-state index contributed by atoms with van der Waals surface area (Å²) in [5.41, 5.74) is 2.81. The van der Waals surface area contributed by atoms with E-state index >= 15 is 0 Å². The van der Waals surface area contributed by atoms with Crippen LogP contribution in [0.5, 0.6) is 0 Å². The fraction of sp³-hybridized carbons (Fsp3) is 0.190. The highest BCUT2D eigenvalue weighted by molar-refractivity contribution is 6.30. The third kappa shape index (κ3) is 5.53. The molecule has 5 nitrogen and oxygen atoms in total. The van der Waals surface area contributed by atoms with E-state index in [-0.39, 0.29) is 11.9 Å². The van der Waals surface area contributed by atoms with Crippen LogP contribution in [0.15, 0.2) is 66.9 Å². The summed E-state index contributed by atoms with van der Waals surface area (Å²) in [5.74, 6) is -0.172. The Morgan fingerprint density at radius 3 is 2.63 bits per heavy atom. The van der Waals surface area contributed by atoms with Gasteiger partial charge in [-0.25, -0.2) is 4.68 Å². The Morgan fingerprint density at radius 2 is 1.93 bits per heavy atom. The first-order valence-electron chi connectivity index (χ1n) is 8.82. The van der Waals surface area contributed by atoms with Crippen molar-refractivity contribution in [3.8, 4) is 0 Å². The number of nitrogens with zero attached hydrogens (tertiary/aromatic N) is 3. The fourth-order valence-corrected chi connectivity index (χ4v) is 2.86. The zero-order chi connectivity index (χ0) is 19.1. The molecule has 1 amide bonds. The summed E-state index contributed by atoms with van der Waals surface area (Å²) < 4.78 is 1.75. The first-order valence-corrected chi connectivity index (χ1v) is 9.20. The topological polar surface area (TPSA) is 59.8 Å². The number of carbonyl (C=O) groups excluding carboxylic acids is 1. The van der Waals surface area contributed by atoms with Crippen molar-refractivity contribution >= 4 is 23.6 Å². The summed E-state index contributed by atoms with van der Waals surface area (Å²) in [7, 11) is 0. The Morgan fingerprint density at radius 1 is 1.19 bits per heavy atom. The summed E-state index contributed by atoms with van der Waals surface area (Å²) in [6.45, 7) is 2.67. The molecule has 0 saturated heterocycles. The van der Waals surface area contributed by atoms with E-state index in [2.05, 4.69) is 15.6 Å². The summed E-state index contributed by atoms with van der Waals surface area (Å²) >= 11 is 5.92. The number of nitrogens with one attached hydrogen (secondary N) is 1. The zero-order valence-electron chi connectivity index (χ0n) is 15.0. The second kappa shape index (κ2) is 9.14. The molecule has 2 aromatic carbocycles. The molecular weight excluding hydrogens is 360 g/mol. The van der Waals surface area contributed by atoms with E-state index < -0.39 is 0 Å². The number of rotatable bonds is 7. The SMILES string of the molecule is CCC(NC(=O)/C=C/c1cn(Cc2ccccc2)nn1)c1ccc(Cl)cc1. The van der Waals surface area contributed by atoms with Gasteiger partial charge >= 0.3 is 0 Å². The molecule has 0 saturated carbocycles. The zero-order valence-corrected chi connectivity index (χ0v) is 15.8. The number of hydrogen-bond acceptors (Lipinski definition) is 3. The van der Waals surface area contributed by atoms with Crippen molar-refractivity contribution < 1.29 is 4.79 Å². The Labute approximate surface area is 163 Å². The van der Waals surface area contributed by atoms with Crippen LogP contribution in [0.3, 0.4) is 0 Å². The van der Waals surface area contributed by atoms with Gasteiger partial charge in [-0.3, -0.25) is 4.79 Å². The van der Waals surface area contributed by atoms with Gasteiger partial charge in [0.25, 0.3) is 0 Å². The van der Waals surface area contributed by atoms with E-state index in [0.717, 1.165) is 17.5 Å². The summed E-state index contributed by atoms with van der Waals surface area (Å²) in [6.07, 6.45) is 5.75. The van der Waals surface area contributed by atoms with Gasteiger partial charge in [0.05, 0.1) is 18.8 Å². The lowest BCUT2D eigenvalue weighted by Gasteiger charge is -2.16. The van der Waals surface area contributed by atoms with Crippen LogP contribution in [-0.4, -0.2) is 20.9 Å². The molecule has 1 N–H and O–H groups in total. The van der Waals surface area contributed by atoms with Crippen molar-refractivity contribution in [3.63, 3.8) is 0 Å². The molecule has 6 heteroatoms. The average Bonchev–Trinajstić information content (AvgIpc) is 3.13. The normalized spacial score (nSPS) is 12.2. The van der Waals surface area contributed by atoms with E-state index in [0.29, 0.717) is 17.3 Å². The highest BCUT2D eigenvalue weighted by Gasteiger charge is 2.11. The van der Waals surface area contributed by atoms with Crippen LogP contribution in [0.25, 0.3) is 6.08 Å². The number of halogens is 1. The van der Waals surface area contributed by atoms with Gasteiger partial charge in [0.15, 0.2) is 0 Å². The molecule has 3 aromatic rings. The minimum atomic E-state index is -0.172. The van der Waals surface area contributed by atoms with Gasteiger partial charge < -0.3 is 5.32 Å². The van der Waals surface area contributed by atoms with Gasteiger partial charge in [-0.1, -0.05) is 66.2 Å². The molecule has 0 bridgehead atoms. The number of carbonyl (C=O) groups is 1. The van der Waals surface area contributed by atoms with Gasteiger partial charge in [-0.15, -0.1) is 5.10 Å². The van der Waals surface area contributed by atoms with Crippen LogP contribution in [0, 0.1) is 0 Å². The third-order valence-electron chi connectivity index (χ3n) is 4.15. The average molecular weight is 381 g/mol. The predicted octanol–water partition coefficient (Wildman–Crippen LogP) is 4.26. The number of aromatic nitrogens is 3. The summed E-state index contributed by atoms with van der Waals surface area (Å²) in [6, 6.07) is 17.5. The Bertz CT molecular complexity index is 903. The van der Waals surface area contributed by atoms with Crippen LogP contribution in [-0.2, 0) is 11.3 Å². The second-order valence-electron chi connectivity index (χ2n) is 6.18. The third-order valence-corrected chi connectivity index (χ3v) is 4.40. The van der Waals surface area contributed by atoms with Gasteiger partial charge in [0.1, 0.15) is 5.69 Å². The highest BCUT2D eigenvalue weighted by Crippen LogP contribution is 2.19. The standard InChI is InChI=1S/C21H21ClN4O/c1-2-20(17-8-10-18(22)11-9-17)23-21(27)13-12-19-15-26(25-24-19)14-16-6-4-3-5-7-16/h3-13,15,20H,2,14H2,1H3,(H,23,27)/b13-12+. The second-order valence-corrected chi connectivity index (χ2v) is 6.62. The lowest BCUT2D eigenvalue weighted by molar-refractivity contribution is -0.117. The van der Waals surface area contributed by atoms with Crippen molar-refractivity contribution in [1.29, 1.82) is 0 Å².